The first kappa shape index (κ1) is 12.5. The van der Waals surface area contributed by atoms with Crippen molar-refractivity contribution in [1.82, 2.24) is 0 Å². The number of nitrogens with two attached hydrogens (primary N) is 1. The lowest BCUT2D eigenvalue weighted by Gasteiger charge is -2.09. The molecule has 2 aromatic rings. The van der Waals surface area contributed by atoms with Gasteiger partial charge in [-0.2, -0.15) is 5.26 Å². The number of benzene rings is 2. The maximum absolute atomic E-state index is 8.83. The summed E-state index contributed by atoms with van der Waals surface area (Å²) in [5.74, 6) is 0. The maximum atomic E-state index is 8.83. The lowest BCUT2D eigenvalue weighted by Crippen LogP contribution is -2.00. The van der Waals surface area contributed by atoms with E-state index < -0.39 is 0 Å². The van der Waals surface area contributed by atoms with Crippen LogP contribution in [0.2, 0.25) is 0 Å². The van der Waals surface area contributed by atoms with Gasteiger partial charge in [-0.15, -0.1) is 0 Å². The van der Waals surface area contributed by atoms with Crippen molar-refractivity contribution >= 4 is 27.3 Å². The molecule has 0 bridgehead atoms. The molecule has 0 fully saturated rings. The first-order valence-electron chi connectivity index (χ1n) is 5.47. The highest BCUT2D eigenvalue weighted by molar-refractivity contribution is 9.10. The van der Waals surface area contributed by atoms with Crippen molar-refractivity contribution in [3.8, 4) is 6.07 Å². The molecule has 0 aromatic heterocycles. The van der Waals surface area contributed by atoms with Gasteiger partial charge >= 0.3 is 0 Å². The third-order valence-corrected chi connectivity index (χ3v) is 3.19. The molecule has 0 unspecified atom stereocenters. The fraction of sp³-hybridized carbons (Fsp3) is 0.0714. The molecule has 0 radical (unpaired) electrons. The van der Waals surface area contributed by atoms with Gasteiger partial charge in [0.1, 0.15) is 0 Å². The number of nitriles is 1. The van der Waals surface area contributed by atoms with E-state index in [0.29, 0.717) is 12.1 Å². The van der Waals surface area contributed by atoms with Crippen LogP contribution in [0.5, 0.6) is 0 Å². The second-order valence-corrected chi connectivity index (χ2v) is 4.76. The molecule has 0 heterocycles. The molecule has 3 N–H and O–H groups in total. The molecular formula is C14H12BrN3. The summed E-state index contributed by atoms with van der Waals surface area (Å²) >= 11 is 3.45. The van der Waals surface area contributed by atoms with Crippen LogP contribution in [-0.2, 0) is 6.54 Å². The van der Waals surface area contributed by atoms with E-state index in [2.05, 4.69) is 27.3 Å². The quantitative estimate of drug-likeness (QED) is 0.853. The molecule has 0 spiro atoms. The summed E-state index contributed by atoms with van der Waals surface area (Å²) in [5.41, 5.74) is 9.12. The fourth-order valence-corrected chi connectivity index (χ4v) is 2.16. The van der Waals surface area contributed by atoms with Gasteiger partial charge in [0.2, 0.25) is 0 Å². The summed E-state index contributed by atoms with van der Waals surface area (Å²) in [4.78, 5) is 0. The van der Waals surface area contributed by atoms with E-state index in [9.17, 15) is 0 Å². The molecule has 90 valence electrons. The summed E-state index contributed by atoms with van der Waals surface area (Å²) in [6.45, 7) is 0.665. The Morgan fingerprint density at radius 2 is 2.06 bits per heavy atom. The fourth-order valence-electron chi connectivity index (χ4n) is 1.62. The van der Waals surface area contributed by atoms with Crippen LogP contribution in [-0.4, -0.2) is 0 Å². The van der Waals surface area contributed by atoms with Gasteiger partial charge in [-0.1, -0.05) is 12.1 Å². The molecule has 3 nitrogen and oxygen atoms in total. The van der Waals surface area contributed by atoms with Crippen molar-refractivity contribution < 1.29 is 0 Å². The highest BCUT2D eigenvalue weighted by Crippen LogP contribution is 2.25. The Kier molecular flexibility index (Phi) is 3.85. The predicted molar refractivity (Wildman–Crippen MR) is 77.0 cm³/mol. The van der Waals surface area contributed by atoms with E-state index in [1.807, 2.05) is 36.4 Å². The molecule has 0 aliphatic heterocycles. The van der Waals surface area contributed by atoms with Gasteiger partial charge < -0.3 is 11.1 Å². The molecule has 0 saturated carbocycles. The van der Waals surface area contributed by atoms with Crippen LogP contribution < -0.4 is 11.1 Å². The summed E-state index contributed by atoms with van der Waals surface area (Å²) in [6.07, 6.45) is 0. The van der Waals surface area contributed by atoms with Crippen molar-refractivity contribution in [2.24, 2.45) is 0 Å². The van der Waals surface area contributed by atoms with Crippen LogP contribution in [0.15, 0.2) is 46.9 Å². The lowest BCUT2D eigenvalue weighted by molar-refractivity contribution is 1.14. The van der Waals surface area contributed by atoms with Crippen LogP contribution in [0.4, 0.5) is 11.4 Å². The zero-order chi connectivity index (χ0) is 13.0. The summed E-state index contributed by atoms with van der Waals surface area (Å²) < 4.78 is 0.930. The SMILES string of the molecule is N#Cc1cccc(CNc2ccc(N)cc2Br)c1. The van der Waals surface area contributed by atoms with Crippen molar-refractivity contribution in [3.63, 3.8) is 0 Å². The molecule has 0 aliphatic carbocycles. The molecular weight excluding hydrogens is 290 g/mol. The van der Waals surface area contributed by atoms with Crippen molar-refractivity contribution in [1.29, 1.82) is 5.26 Å². The first-order chi connectivity index (χ1) is 8.69. The number of anilines is 2. The minimum atomic E-state index is 0.665. The Balaban J connectivity index is 2.09. The summed E-state index contributed by atoms with van der Waals surface area (Å²) in [7, 11) is 0. The van der Waals surface area contributed by atoms with Gasteiger partial charge in [0.15, 0.2) is 0 Å². The third-order valence-electron chi connectivity index (χ3n) is 2.53. The van der Waals surface area contributed by atoms with Crippen molar-refractivity contribution in [3.05, 3.63) is 58.1 Å². The molecule has 0 aliphatic rings. The zero-order valence-corrected chi connectivity index (χ0v) is 11.2. The standard InChI is InChI=1S/C14H12BrN3/c15-13-7-12(17)4-5-14(13)18-9-11-3-1-2-10(6-11)8-16/h1-7,18H,9,17H2. The number of rotatable bonds is 3. The Morgan fingerprint density at radius 1 is 1.22 bits per heavy atom. The average molecular weight is 302 g/mol. The second kappa shape index (κ2) is 5.56. The van der Waals surface area contributed by atoms with Gasteiger partial charge in [-0.05, 0) is 51.8 Å². The minimum Gasteiger partial charge on any atom is -0.399 e. The van der Waals surface area contributed by atoms with Gasteiger partial charge in [-0.3, -0.25) is 0 Å². The topological polar surface area (TPSA) is 61.8 Å². The second-order valence-electron chi connectivity index (χ2n) is 3.91. The highest BCUT2D eigenvalue weighted by atomic mass is 79.9. The van der Waals surface area contributed by atoms with Crippen LogP contribution in [0, 0.1) is 11.3 Å². The minimum absolute atomic E-state index is 0.665. The van der Waals surface area contributed by atoms with Crippen LogP contribution in [0.25, 0.3) is 0 Å². The van der Waals surface area contributed by atoms with E-state index in [1.165, 1.54) is 0 Å². The largest absolute Gasteiger partial charge is 0.399 e. The number of hydrogen-bond acceptors (Lipinski definition) is 3. The number of nitrogens with zero attached hydrogens (tertiary/aromatic N) is 1. The highest BCUT2D eigenvalue weighted by Gasteiger charge is 2.00. The van der Waals surface area contributed by atoms with E-state index in [4.69, 9.17) is 11.0 Å². The van der Waals surface area contributed by atoms with Gasteiger partial charge in [0.25, 0.3) is 0 Å². The Labute approximate surface area is 114 Å². The predicted octanol–water partition coefficient (Wildman–Crippen LogP) is 3.52. The molecule has 2 aromatic carbocycles. The van der Waals surface area contributed by atoms with Crippen molar-refractivity contribution in [2.45, 2.75) is 6.54 Å². The average Bonchev–Trinajstić information content (AvgIpc) is 2.38. The van der Waals surface area contributed by atoms with Gasteiger partial charge in [-0.25, -0.2) is 0 Å². The summed E-state index contributed by atoms with van der Waals surface area (Å²) in [5, 5.41) is 12.1. The molecule has 2 rings (SSSR count). The van der Waals surface area contributed by atoms with Gasteiger partial charge in [0.05, 0.1) is 11.6 Å². The molecule has 4 heteroatoms. The van der Waals surface area contributed by atoms with Crippen LogP contribution in [0.1, 0.15) is 11.1 Å². The molecule has 0 amide bonds. The van der Waals surface area contributed by atoms with E-state index in [-0.39, 0.29) is 0 Å². The number of hydrogen-bond donors (Lipinski definition) is 2. The van der Waals surface area contributed by atoms with Gasteiger partial charge in [0, 0.05) is 22.4 Å². The zero-order valence-electron chi connectivity index (χ0n) is 9.65. The Hall–Kier alpha value is -1.99. The monoisotopic (exact) mass is 301 g/mol. The van der Waals surface area contributed by atoms with E-state index in [0.717, 1.165) is 21.4 Å². The molecule has 18 heavy (non-hydrogen) atoms. The summed E-state index contributed by atoms with van der Waals surface area (Å²) in [6, 6.07) is 15.3. The number of nitrogens with one attached hydrogen (secondary N) is 1. The first-order valence-corrected chi connectivity index (χ1v) is 6.26. The maximum Gasteiger partial charge on any atom is 0.0991 e. The normalized spacial score (nSPS) is 9.78. The Bertz CT molecular complexity index is 602. The van der Waals surface area contributed by atoms with E-state index >= 15 is 0 Å². The number of halogens is 1. The molecule has 0 saturated heterocycles. The van der Waals surface area contributed by atoms with Crippen molar-refractivity contribution in [2.75, 3.05) is 11.1 Å². The van der Waals surface area contributed by atoms with E-state index in [1.54, 1.807) is 6.07 Å². The molecule has 0 atom stereocenters. The van der Waals surface area contributed by atoms with Crippen LogP contribution in [0.3, 0.4) is 0 Å². The lowest BCUT2D eigenvalue weighted by atomic mass is 10.1. The Morgan fingerprint density at radius 3 is 2.78 bits per heavy atom. The van der Waals surface area contributed by atoms with Crippen LogP contribution >= 0.6 is 15.9 Å². The number of nitrogen functional groups attached to an aromatic ring is 1. The smallest absolute Gasteiger partial charge is 0.0991 e. The third kappa shape index (κ3) is 3.02.